The van der Waals surface area contributed by atoms with Gasteiger partial charge in [0, 0.05) is 30.4 Å². The maximum absolute atomic E-state index is 6.08. The van der Waals surface area contributed by atoms with Crippen molar-refractivity contribution < 1.29 is 4.74 Å². The standard InChI is InChI=1S/C18H29N3OS.HI/c1-18(2,23-4)13-21-17(19-3)20-12-14-8-5-6-11-16(14)22-15-9-7-10-15;/h5-6,8,11,15H,7,9-10,12-13H2,1-4H3,(H2,19,20,21);1H. The van der Waals surface area contributed by atoms with Gasteiger partial charge in [0.25, 0.3) is 0 Å². The Morgan fingerprint density at radius 1 is 1.29 bits per heavy atom. The highest BCUT2D eigenvalue weighted by molar-refractivity contribution is 14.0. The normalized spacial score (nSPS) is 15.2. The van der Waals surface area contributed by atoms with Gasteiger partial charge in [0.2, 0.25) is 0 Å². The lowest BCUT2D eigenvalue weighted by atomic mass is 9.96. The molecule has 6 heteroatoms. The molecule has 0 radical (unpaired) electrons. The molecule has 1 aromatic rings. The summed E-state index contributed by atoms with van der Waals surface area (Å²) in [7, 11) is 1.80. The van der Waals surface area contributed by atoms with E-state index >= 15 is 0 Å². The van der Waals surface area contributed by atoms with Crippen LogP contribution in [0, 0.1) is 0 Å². The molecule has 0 heterocycles. The maximum atomic E-state index is 6.08. The van der Waals surface area contributed by atoms with E-state index in [9.17, 15) is 0 Å². The van der Waals surface area contributed by atoms with Gasteiger partial charge in [0.15, 0.2) is 5.96 Å². The average Bonchev–Trinajstić information content (AvgIpc) is 2.52. The molecule has 0 spiro atoms. The number of halogens is 1. The van der Waals surface area contributed by atoms with Crippen LogP contribution in [0.25, 0.3) is 0 Å². The van der Waals surface area contributed by atoms with Crippen LogP contribution in [-0.4, -0.2) is 36.7 Å². The minimum absolute atomic E-state index is 0. The van der Waals surface area contributed by atoms with Crippen molar-refractivity contribution in [3.8, 4) is 5.75 Å². The van der Waals surface area contributed by atoms with E-state index in [4.69, 9.17) is 4.74 Å². The predicted octanol–water partition coefficient (Wildman–Crippen LogP) is 4.04. The number of ether oxygens (including phenoxy) is 1. The van der Waals surface area contributed by atoms with Gasteiger partial charge in [-0.2, -0.15) is 11.8 Å². The van der Waals surface area contributed by atoms with E-state index in [0.717, 1.165) is 18.3 Å². The highest BCUT2D eigenvalue weighted by Gasteiger charge is 2.20. The van der Waals surface area contributed by atoms with Crippen LogP contribution in [0.5, 0.6) is 5.75 Å². The Hall–Kier alpha value is -0.630. The molecule has 24 heavy (non-hydrogen) atoms. The summed E-state index contributed by atoms with van der Waals surface area (Å²) < 4.78 is 6.26. The molecule has 2 N–H and O–H groups in total. The fraction of sp³-hybridized carbons (Fsp3) is 0.611. The fourth-order valence-electron chi connectivity index (χ4n) is 2.20. The lowest BCUT2D eigenvalue weighted by Crippen LogP contribution is -2.43. The van der Waals surface area contributed by atoms with E-state index in [1.54, 1.807) is 7.05 Å². The summed E-state index contributed by atoms with van der Waals surface area (Å²) in [6, 6.07) is 8.26. The van der Waals surface area contributed by atoms with Crippen molar-refractivity contribution >= 4 is 41.7 Å². The molecule has 0 atom stereocenters. The number of hydrogen-bond donors (Lipinski definition) is 2. The van der Waals surface area contributed by atoms with Gasteiger partial charge < -0.3 is 15.4 Å². The molecular formula is C18H30IN3OS. The molecule has 1 aliphatic carbocycles. The average molecular weight is 463 g/mol. The number of rotatable bonds is 7. The number of thioether (sulfide) groups is 1. The van der Waals surface area contributed by atoms with Crippen LogP contribution in [0.15, 0.2) is 29.3 Å². The third kappa shape index (κ3) is 6.70. The molecule has 1 saturated carbocycles. The summed E-state index contributed by atoms with van der Waals surface area (Å²) in [6.07, 6.45) is 6.17. The van der Waals surface area contributed by atoms with Crippen molar-refractivity contribution in [2.75, 3.05) is 19.8 Å². The Morgan fingerprint density at radius 3 is 2.58 bits per heavy atom. The first-order chi connectivity index (χ1) is 11.0. The molecule has 136 valence electrons. The zero-order chi connectivity index (χ0) is 16.7. The molecule has 0 unspecified atom stereocenters. The maximum Gasteiger partial charge on any atom is 0.191 e. The summed E-state index contributed by atoms with van der Waals surface area (Å²) in [5.74, 6) is 1.81. The van der Waals surface area contributed by atoms with Gasteiger partial charge >= 0.3 is 0 Å². The van der Waals surface area contributed by atoms with Crippen LogP contribution in [0.3, 0.4) is 0 Å². The van der Waals surface area contributed by atoms with Crippen molar-refractivity contribution in [1.29, 1.82) is 0 Å². The molecule has 2 rings (SSSR count). The topological polar surface area (TPSA) is 45.7 Å². The minimum Gasteiger partial charge on any atom is -0.490 e. The largest absolute Gasteiger partial charge is 0.490 e. The van der Waals surface area contributed by atoms with Gasteiger partial charge in [-0.05, 0) is 45.4 Å². The smallest absolute Gasteiger partial charge is 0.191 e. The van der Waals surface area contributed by atoms with Gasteiger partial charge in [0.05, 0.1) is 6.10 Å². The molecule has 4 nitrogen and oxygen atoms in total. The zero-order valence-corrected chi connectivity index (χ0v) is 18.2. The molecular weight excluding hydrogens is 433 g/mol. The van der Waals surface area contributed by atoms with Crippen LogP contribution in [0.4, 0.5) is 0 Å². The second-order valence-corrected chi connectivity index (χ2v) is 8.04. The number of aliphatic imine (C=N–C) groups is 1. The first-order valence-electron chi connectivity index (χ1n) is 8.28. The van der Waals surface area contributed by atoms with E-state index in [0.29, 0.717) is 12.6 Å². The van der Waals surface area contributed by atoms with Gasteiger partial charge in [-0.1, -0.05) is 18.2 Å². The number of nitrogens with zero attached hydrogens (tertiary/aromatic N) is 1. The van der Waals surface area contributed by atoms with Gasteiger partial charge in [-0.15, -0.1) is 24.0 Å². The Labute approximate surface area is 167 Å². The molecule has 0 amide bonds. The molecule has 1 fully saturated rings. The van der Waals surface area contributed by atoms with E-state index < -0.39 is 0 Å². The highest BCUT2D eigenvalue weighted by Crippen LogP contribution is 2.27. The molecule has 0 aromatic heterocycles. The van der Waals surface area contributed by atoms with Crippen LogP contribution >= 0.6 is 35.7 Å². The second kappa shape index (κ2) is 10.4. The second-order valence-electron chi connectivity index (χ2n) is 6.52. The van der Waals surface area contributed by atoms with Crippen molar-refractivity contribution in [1.82, 2.24) is 10.6 Å². The summed E-state index contributed by atoms with van der Waals surface area (Å²) in [5.41, 5.74) is 1.17. The van der Waals surface area contributed by atoms with Crippen LogP contribution in [0.2, 0.25) is 0 Å². The number of nitrogens with one attached hydrogen (secondary N) is 2. The number of benzene rings is 1. The Bertz CT molecular complexity index is 533. The molecule has 0 aliphatic heterocycles. The van der Waals surface area contributed by atoms with Crippen LogP contribution < -0.4 is 15.4 Å². The zero-order valence-electron chi connectivity index (χ0n) is 15.1. The first-order valence-corrected chi connectivity index (χ1v) is 9.51. The van der Waals surface area contributed by atoms with Crippen LogP contribution in [-0.2, 0) is 6.54 Å². The summed E-state index contributed by atoms with van der Waals surface area (Å²) >= 11 is 1.85. The molecule has 0 bridgehead atoms. The van der Waals surface area contributed by atoms with Crippen LogP contribution in [0.1, 0.15) is 38.7 Å². The Balaban J connectivity index is 0.00000288. The molecule has 0 saturated heterocycles. The number of para-hydroxylation sites is 1. The summed E-state index contributed by atoms with van der Waals surface area (Å²) in [6.45, 7) is 6.02. The van der Waals surface area contributed by atoms with E-state index in [2.05, 4.69) is 53.9 Å². The summed E-state index contributed by atoms with van der Waals surface area (Å²) in [4.78, 5) is 4.30. The first kappa shape index (κ1) is 21.4. The minimum atomic E-state index is 0. The quantitative estimate of drug-likeness (QED) is 0.364. The predicted molar refractivity (Wildman–Crippen MR) is 116 cm³/mol. The number of guanidine groups is 1. The fourth-order valence-corrected chi connectivity index (χ4v) is 2.42. The SMILES string of the molecule is CN=C(NCc1ccccc1OC1CCC1)NCC(C)(C)SC.I. The molecule has 1 aliphatic rings. The van der Waals surface area contributed by atoms with Crippen molar-refractivity contribution in [3.05, 3.63) is 29.8 Å². The Kier molecular flexibility index (Phi) is 9.26. The van der Waals surface area contributed by atoms with Crippen molar-refractivity contribution in [2.45, 2.75) is 50.5 Å². The Morgan fingerprint density at radius 2 is 2.00 bits per heavy atom. The molecule has 1 aromatic carbocycles. The van der Waals surface area contributed by atoms with Gasteiger partial charge in [-0.3, -0.25) is 4.99 Å². The lowest BCUT2D eigenvalue weighted by Gasteiger charge is -2.27. The monoisotopic (exact) mass is 463 g/mol. The van der Waals surface area contributed by atoms with E-state index in [1.807, 2.05) is 17.8 Å². The van der Waals surface area contributed by atoms with E-state index in [1.165, 1.54) is 24.8 Å². The third-order valence-corrected chi connectivity index (χ3v) is 5.47. The van der Waals surface area contributed by atoms with Crippen molar-refractivity contribution in [2.24, 2.45) is 4.99 Å². The van der Waals surface area contributed by atoms with Gasteiger partial charge in [-0.25, -0.2) is 0 Å². The van der Waals surface area contributed by atoms with E-state index in [-0.39, 0.29) is 28.7 Å². The number of hydrogen-bond acceptors (Lipinski definition) is 3. The van der Waals surface area contributed by atoms with Crippen molar-refractivity contribution in [3.63, 3.8) is 0 Å². The third-order valence-electron chi connectivity index (χ3n) is 4.22. The lowest BCUT2D eigenvalue weighted by molar-refractivity contribution is 0.119. The van der Waals surface area contributed by atoms with Gasteiger partial charge in [0.1, 0.15) is 5.75 Å². The highest BCUT2D eigenvalue weighted by atomic mass is 127. The summed E-state index contributed by atoms with van der Waals surface area (Å²) in [5, 5.41) is 6.77.